The average molecular weight is 210 g/mol. The van der Waals surface area contributed by atoms with Crippen molar-refractivity contribution in [3.8, 4) is 0 Å². The van der Waals surface area contributed by atoms with Gasteiger partial charge in [0.15, 0.2) is 0 Å². The van der Waals surface area contributed by atoms with Gasteiger partial charge in [-0.25, -0.2) is 0 Å². The molecule has 15 heavy (non-hydrogen) atoms. The molecule has 0 heteroatoms. The molecule has 3 unspecified atom stereocenters. The monoisotopic (exact) mass is 210 g/mol. The van der Waals surface area contributed by atoms with Crippen molar-refractivity contribution in [2.75, 3.05) is 0 Å². The van der Waals surface area contributed by atoms with Crippen LogP contribution in [-0.2, 0) is 0 Å². The predicted octanol–water partition coefficient (Wildman–Crippen LogP) is 5.44. The Bertz CT molecular complexity index is 171. The molecule has 0 radical (unpaired) electrons. The first-order chi connectivity index (χ1) is 7.03. The van der Waals surface area contributed by atoms with Crippen LogP contribution in [0.4, 0.5) is 0 Å². The van der Waals surface area contributed by atoms with E-state index in [1.807, 2.05) is 0 Å². The molecule has 3 atom stereocenters. The summed E-state index contributed by atoms with van der Waals surface area (Å²) in [6.07, 6.45) is 8.71. The smallest absolute Gasteiger partial charge is 0.0259 e. The lowest BCUT2D eigenvalue weighted by Gasteiger charge is -2.38. The maximum absolute atomic E-state index is 3.91. The van der Waals surface area contributed by atoms with Gasteiger partial charge in [-0.3, -0.25) is 0 Å². The number of rotatable bonds is 8. The Hall–Kier alpha value is -0.260. The van der Waals surface area contributed by atoms with E-state index in [0.717, 1.165) is 5.92 Å². The lowest BCUT2D eigenvalue weighted by Crippen LogP contribution is -2.28. The Morgan fingerprint density at radius 2 is 1.87 bits per heavy atom. The highest BCUT2D eigenvalue weighted by atomic mass is 14.4. The number of hydrogen-bond donors (Lipinski definition) is 0. The first-order valence-corrected chi connectivity index (χ1v) is 6.66. The SMILES string of the molecule is C=CC(C)CC(C)(CC)C(CC)CCC. The summed E-state index contributed by atoms with van der Waals surface area (Å²) in [5, 5.41) is 0. The number of allylic oxidation sites excluding steroid dienone is 1. The van der Waals surface area contributed by atoms with Gasteiger partial charge in [0, 0.05) is 0 Å². The van der Waals surface area contributed by atoms with Gasteiger partial charge >= 0.3 is 0 Å². The summed E-state index contributed by atoms with van der Waals surface area (Å²) < 4.78 is 0. The zero-order valence-electron chi connectivity index (χ0n) is 11.5. The van der Waals surface area contributed by atoms with Gasteiger partial charge in [-0.2, -0.15) is 0 Å². The fraction of sp³-hybridized carbons (Fsp3) is 0.867. The van der Waals surface area contributed by atoms with E-state index in [0.29, 0.717) is 11.3 Å². The van der Waals surface area contributed by atoms with E-state index in [9.17, 15) is 0 Å². The minimum atomic E-state index is 0.512. The van der Waals surface area contributed by atoms with E-state index in [4.69, 9.17) is 0 Å². The van der Waals surface area contributed by atoms with Gasteiger partial charge in [-0.15, -0.1) is 6.58 Å². The predicted molar refractivity (Wildman–Crippen MR) is 71.1 cm³/mol. The Morgan fingerprint density at radius 3 is 2.20 bits per heavy atom. The topological polar surface area (TPSA) is 0 Å². The van der Waals surface area contributed by atoms with Crippen LogP contribution in [0.1, 0.15) is 66.7 Å². The minimum absolute atomic E-state index is 0.512. The summed E-state index contributed by atoms with van der Waals surface area (Å²) in [6.45, 7) is 15.7. The maximum Gasteiger partial charge on any atom is -0.0259 e. The van der Waals surface area contributed by atoms with Gasteiger partial charge in [0.25, 0.3) is 0 Å². The Balaban J connectivity index is 4.55. The van der Waals surface area contributed by atoms with Gasteiger partial charge in [-0.1, -0.05) is 66.4 Å². The molecule has 90 valence electrons. The van der Waals surface area contributed by atoms with E-state index >= 15 is 0 Å². The molecule has 0 nitrogen and oxygen atoms in total. The van der Waals surface area contributed by atoms with Crippen molar-refractivity contribution >= 4 is 0 Å². The second-order valence-electron chi connectivity index (χ2n) is 5.32. The van der Waals surface area contributed by atoms with Crippen molar-refractivity contribution in [3.05, 3.63) is 12.7 Å². The molecule has 0 spiro atoms. The second kappa shape index (κ2) is 7.09. The van der Waals surface area contributed by atoms with Crippen LogP contribution in [0.3, 0.4) is 0 Å². The van der Waals surface area contributed by atoms with Gasteiger partial charge in [0.1, 0.15) is 0 Å². The lowest BCUT2D eigenvalue weighted by molar-refractivity contribution is 0.130. The third-order valence-electron chi connectivity index (χ3n) is 4.11. The van der Waals surface area contributed by atoms with Gasteiger partial charge in [-0.05, 0) is 23.7 Å². The fourth-order valence-electron chi connectivity index (χ4n) is 2.81. The Morgan fingerprint density at radius 1 is 1.27 bits per heavy atom. The van der Waals surface area contributed by atoms with Crippen LogP contribution >= 0.6 is 0 Å². The third-order valence-corrected chi connectivity index (χ3v) is 4.11. The summed E-state index contributed by atoms with van der Waals surface area (Å²) in [6, 6.07) is 0. The van der Waals surface area contributed by atoms with Crippen molar-refractivity contribution in [1.29, 1.82) is 0 Å². The summed E-state index contributed by atoms with van der Waals surface area (Å²) in [7, 11) is 0. The van der Waals surface area contributed by atoms with Crippen molar-refractivity contribution in [2.45, 2.75) is 66.7 Å². The summed E-state index contributed by atoms with van der Waals surface area (Å²) >= 11 is 0. The van der Waals surface area contributed by atoms with Crippen LogP contribution in [0.15, 0.2) is 12.7 Å². The molecule has 0 rings (SSSR count). The number of hydrogen-bond acceptors (Lipinski definition) is 0. The standard InChI is InChI=1S/C15H30/c1-7-11-14(9-3)15(6,10-4)12-13(5)8-2/h8,13-14H,2,7,9-12H2,1,3-6H3. The Kier molecular flexibility index (Phi) is 6.96. The molecule has 0 heterocycles. The molecule has 0 aliphatic carbocycles. The summed E-state index contributed by atoms with van der Waals surface area (Å²) in [4.78, 5) is 0. The zero-order chi connectivity index (χ0) is 11.9. The highest BCUT2D eigenvalue weighted by molar-refractivity contribution is 4.87. The maximum atomic E-state index is 3.91. The van der Waals surface area contributed by atoms with Crippen LogP contribution in [0.5, 0.6) is 0 Å². The molecule has 0 aliphatic heterocycles. The molecule has 0 aromatic rings. The van der Waals surface area contributed by atoms with E-state index in [-0.39, 0.29) is 0 Å². The molecule has 0 fully saturated rings. The molecular formula is C15H30. The van der Waals surface area contributed by atoms with Crippen molar-refractivity contribution < 1.29 is 0 Å². The molecule has 0 aliphatic rings. The second-order valence-corrected chi connectivity index (χ2v) is 5.32. The van der Waals surface area contributed by atoms with E-state index in [1.165, 1.54) is 32.1 Å². The van der Waals surface area contributed by atoms with Gasteiger partial charge in [0.05, 0.1) is 0 Å². The molecule has 0 bridgehead atoms. The third kappa shape index (κ3) is 4.40. The molecule has 0 N–H and O–H groups in total. The van der Waals surface area contributed by atoms with E-state index in [1.54, 1.807) is 0 Å². The van der Waals surface area contributed by atoms with Crippen LogP contribution in [0, 0.1) is 17.3 Å². The highest BCUT2D eigenvalue weighted by Crippen LogP contribution is 2.41. The van der Waals surface area contributed by atoms with E-state index in [2.05, 4.69) is 47.3 Å². The van der Waals surface area contributed by atoms with Gasteiger partial charge < -0.3 is 0 Å². The largest absolute Gasteiger partial charge is 0.103 e. The summed E-state index contributed by atoms with van der Waals surface area (Å²) in [5.74, 6) is 1.54. The van der Waals surface area contributed by atoms with Crippen LogP contribution in [0.25, 0.3) is 0 Å². The van der Waals surface area contributed by atoms with Crippen LogP contribution < -0.4 is 0 Å². The first kappa shape index (κ1) is 14.7. The van der Waals surface area contributed by atoms with E-state index < -0.39 is 0 Å². The van der Waals surface area contributed by atoms with Crippen molar-refractivity contribution in [2.24, 2.45) is 17.3 Å². The Labute approximate surface area is 97.2 Å². The lowest BCUT2D eigenvalue weighted by atomic mass is 9.67. The fourth-order valence-corrected chi connectivity index (χ4v) is 2.81. The molecule has 0 aromatic carbocycles. The molecule has 0 saturated carbocycles. The highest BCUT2D eigenvalue weighted by Gasteiger charge is 2.31. The zero-order valence-corrected chi connectivity index (χ0v) is 11.5. The molecule has 0 aromatic heterocycles. The summed E-state index contributed by atoms with van der Waals surface area (Å²) in [5.41, 5.74) is 0.512. The average Bonchev–Trinajstić information content (AvgIpc) is 2.25. The van der Waals surface area contributed by atoms with Gasteiger partial charge in [0.2, 0.25) is 0 Å². The van der Waals surface area contributed by atoms with Crippen molar-refractivity contribution in [1.82, 2.24) is 0 Å². The van der Waals surface area contributed by atoms with Crippen LogP contribution in [0.2, 0.25) is 0 Å². The van der Waals surface area contributed by atoms with Crippen LogP contribution in [-0.4, -0.2) is 0 Å². The van der Waals surface area contributed by atoms with Crippen molar-refractivity contribution in [3.63, 3.8) is 0 Å². The molecule has 0 saturated heterocycles. The normalized spacial score (nSPS) is 19.3. The molecular weight excluding hydrogens is 180 g/mol. The molecule has 0 amide bonds. The first-order valence-electron chi connectivity index (χ1n) is 6.66. The minimum Gasteiger partial charge on any atom is -0.103 e. The quantitative estimate of drug-likeness (QED) is 0.468.